The topological polar surface area (TPSA) is 96.5 Å². The molecule has 25 heavy (non-hydrogen) atoms. The minimum Gasteiger partial charge on any atom is -0.465 e. The molecular formula is C18H27N3O4. The molecule has 0 radical (unpaired) electrons. The maximum absolute atomic E-state index is 12.4. The second-order valence-electron chi connectivity index (χ2n) is 5.99. The van der Waals surface area contributed by atoms with Crippen LogP contribution in [0.3, 0.4) is 0 Å². The van der Waals surface area contributed by atoms with E-state index in [1.54, 1.807) is 13.8 Å². The fourth-order valence-electron chi connectivity index (χ4n) is 2.14. The van der Waals surface area contributed by atoms with Crippen LogP contribution < -0.4 is 16.0 Å². The Labute approximate surface area is 148 Å². The highest BCUT2D eigenvalue weighted by Crippen LogP contribution is 2.08. The second-order valence-corrected chi connectivity index (χ2v) is 5.99. The number of amides is 2. The third-order valence-electron chi connectivity index (χ3n) is 3.51. The number of anilines is 1. The van der Waals surface area contributed by atoms with Gasteiger partial charge in [-0.1, -0.05) is 32.0 Å². The van der Waals surface area contributed by atoms with Crippen molar-refractivity contribution < 1.29 is 19.1 Å². The first kappa shape index (κ1) is 20.5. The fourth-order valence-corrected chi connectivity index (χ4v) is 2.14. The van der Waals surface area contributed by atoms with Crippen molar-refractivity contribution >= 4 is 23.5 Å². The first-order chi connectivity index (χ1) is 11.8. The van der Waals surface area contributed by atoms with E-state index in [2.05, 4.69) is 16.0 Å². The molecule has 0 saturated heterocycles. The normalized spacial score (nSPS) is 12.8. The van der Waals surface area contributed by atoms with Gasteiger partial charge in [-0.15, -0.1) is 0 Å². The molecule has 2 atom stereocenters. The number of esters is 1. The van der Waals surface area contributed by atoms with Crippen LogP contribution in [-0.2, 0) is 19.1 Å². The van der Waals surface area contributed by atoms with E-state index in [9.17, 15) is 14.4 Å². The van der Waals surface area contributed by atoms with E-state index in [1.807, 2.05) is 44.2 Å². The Kier molecular flexibility index (Phi) is 8.46. The molecule has 1 rings (SSSR count). The van der Waals surface area contributed by atoms with Crippen molar-refractivity contribution in [1.82, 2.24) is 10.6 Å². The van der Waals surface area contributed by atoms with Gasteiger partial charge in [0.15, 0.2) is 0 Å². The van der Waals surface area contributed by atoms with Crippen molar-refractivity contribution in [3.63, 3.8) is 0 Å². The molecule has 0 aromatic heterocycles. The molecule has 7 nitrogen and oxygen atoms in total. The molecule has 3 N–H and O–H groups in total. The zero-order valence-corrected chi connectivity index (χ0v) is 15.2. The summed E-state index contributed by atoms with van der Waals surface area (Å²) < 4.78 is 4.77. The highest BCUT2D eigenvalue weighted by atomic mass is 16.5. The Hall–Kier alpha value is -2.57. The Morgan fingerprint density at radius 1 is 1.04 bits per heavy atom. The van der Waals surface area contributed by atoms with E-state index < -0.39 is 24.0 Å². The summed E-state index contributed by atoms with van der Waals surface area (Å²) in [6.45, 7) is 7.09. The second kappa shape index (κ2) is 10.3. The van der Waals surface area contributed by atoms with Crippen LogP contribution in [0.1, 0.15) is 27.7 Å². The molecular weight excluding hydrogens is 322 g/mol. The third-order valence-corrected chi connectivity index (χ3v) is 3.51. The highest BCUT2D eigenvalue weighted by Gasteiger charge is 2.26. The van der Waals surface area contributed by atoms with E-state index in [-0.39, 0.29) is 25.0 Å². The minimum atomic E-state index is -0.734. The van der Waals surface area contributed by atoms with Gasteiger partial charge in [0.05, 0.1) is 6.61 Å². The summed E-state index contributed by atoms with van der Waals surface area (Å²) >= 11 is 0. The monoisotopic (exact) mass is 349 g/mol. The summed E-state index contributed by atoms with van der Waals surface area (Å²) in [5.41, 5.74) is 0.818. The fraction of sp³-hybridized carbons (Fsp3) is 0.500. The Morgan fingerprint density at radius 2 is 1.68 bits per heavy atom. The summed E-state index contributed by atoms with van der Waals surface area (Å²) in [5.74, 6) is -1.35. The molecule has 2 amide bonds. The lowest BCUT2D eigenvalue weighted by atomic mass is 10.0. The van der Waals surface area contributed by atoms with Gasteiger partial charge >= 0.3 is 5.97 Å². The van der Waals surface area contributed by atoms with Crippen molar-refractivity contribution in [2.75, 3.05) is 18.5 Å². The lowest BCUT2D eigenvalue weighted by Crippen LogP contribution is -2.53. The predicted molar refractivity (Wildman–Crippen MR) is 95.9 cm³/mol. The number of ether oxygens (including phenoxy) is 1. The SMILES string of the molecule is CCOC(=O)CNC(=O)C(NC(=O)C(C)Nc1ccccc1)C(C)C. The van der Waals surface area contributed by atoms with Gasteiger partial charge in [0, 0.05) is 5.69 Å². The number of carbonyl (C=O) groups is 3. The van der Waals surface area contributed by atoms with Crippen molar-refractivity contribution in [2.45, 2.75) is 39.8 Å². The van der Waals surface area contributed by atoms with Crippen LogP contribution in [0.4, 0.5) is 5.69 Å². The molecule has 0 aliphatic rings. The van der Waals surface area contributed by atoms with E-state index in [0.29, 0.717) is 0 Å². The molecule has 2 unspecified atom stereocenters. The highest BCUT2D eigenvalue weighted by molar-refractivity contribution is 5.92. The zero-order chi connectivity index (χ0) is 18.8. The predicted octanol–water partition coefficient (Wildman–Crippen LogP) is 1.31. The molecule has 0 aliphatic heterocycles. The summed E-state index contributed by atoms with van der Waals surface area (Å²) in [6, 6.07) is 8.09. The number of nitrogens with one attached hydrogen (secondary N) is 3. The zero-order valence-electron chi connectivity index (χ0n) is 15.2. The van der Waals surface area contributed by atoms with E-state index >= 15 is 0 Å². The van der Waals surface area contributed by atoms with E-state index in [4.69, 9.17) is 4.74 Å². The maximum atomic E-state index is 12.4. The molecule has 0 aliphatic carbocycles. The van der Waals surface area contributed by atoms with Crippen molar-refractivity contribution in [3.8, 4) is 0 Å². The molecule has 0 heterocycles. The third kappa shape index (κ3) is 7.24. The summed E-state index contributed by atoms with van der Waals surface area (Å²) in [5, 5.41) is 8.29. The molecule has 0 spiro atoms. The van der Waals surface area contributed by atoms with Crippen LogP contribution in [0, 0.1) is 5.92 Å². The van der Waals surface area contributed by atoms with Crippen LogP contribution in [0.5, 0.6) is 0 Å². The quantitative estimate of drug-likeness (QED) is 0.584. The number of rotatable bonds is 9. The first-order valence-corrected chi connectivity index (χ1v) is 8.40. The molecule has 7 heteroatoms. The van der Waals surface area contributed by atoms with Gasteiger partial charge in [-0.2, -0.15) is 0 Å². The summed E-state index contributed by atoms with van der Waals surface area (Å²) in [6.07, 6.45) is 0. The van der Waals surface area contributed by atoms with Gasteiger partial charge in [0.1, 0.15) is 18.6 Å². The lowest BCUT2D eigenvalue weighted by molar-refractivity contribution is -0.143. The van der Waals surface area contributed by atoms with Gasteiger partial charge in [-0.25, -0.2) is 0 Å². The average molecular weight is 349 g/mol. The standard InChI is InChI=1S/C18H27N3O4/c1-5-25-15(22)11-19-18(24)16(12(2)3)21-17(23)13(4)20-14-9-7-6-8-10-14/h6-10,12-13,16,20H,5,11H2,1-4H3,(H,19,24)(H,21,23). The number of benzene rings is 1. The van der Waals surface area contributed by atoms with Crippen molar-refractivity contribution in [3.05, 3.63) is 30.3 Å². The summed E-state index contributed by atoms with van der Waals surface area (Å²) in [4.78, 5) is 36.0. The number of hydrogen-bond acceptors (Lipinski definition) is 5. The first-order valence-electron chi connectivity index (χ1n) is 8.40. The van der Waals surface area contributed by atoms with E-state index in [1.165, 1.54) is 0 Å². The molecule has 0 saturated carbocycles. The van der Waals surface area contributed by atoms with Crippen molar-refractivity contribution in [2.24, 2.45) is 5.92 Å². The van der Waals surface area contributed by atoms with Crippen LogP contribution >= 0.6 is 0 Å². The maximum Gasteiger partial charge on any atom is 0.325 e. The molecule has 0 bridgehead atoms. The van der Waals surface area contributed by atoms with Crippen LogP contribution in [0.15, 0.2) is 30.3 Å². The Bertz CT molecular complexity index is 575. The minimum absolute atomic E-state index is 0.130. The van der Waals surface area contributed by atoms with Crippen molar-refractivity contribution in [1.29, 1.82) is 0 Å². The van der Waals surface area contributed by atoms with Crippen LogP contribution in [0.2, 0.25) is 0 Å². The average Bonchev–Trinajstić information content (AvgIpc) is 2.58. The lowest BCUT2D eigenvalue weighted by Gasteiger charge is -2.24. The molecule has 138 valence electrons. The van der Waals surface area contributed by atoms with Gasteiger partial charge in [-0.3, -0.25) is 14.4 Å². The van der Waals surface area contributed by atoms with Gasteiger partial charge in [0.2, 0.25) is 11.8 Å². The van der Waals surface area contributed by atoms with Gasteiger partial charge in [-0.05, 0) is 31.9 Å². The molecule has 1 aromatic rings. The van der Waals surface area contributed by atoms with Gasteiger partial charge in [0.25, 0.3) is 0 Å². The molecule has 1 aromatic carbocycles. The number of hydrogen-bond donors (Lipinski definition) is 3. The Balaban J connectivity index is 2.59. The summed E-state index contributed by atoms with van der Waals surface area (Å²) in [7, 11) is 0. The van der Waals surface area contributed by atoms with Crippen LogP contribution in [-0.4, -0.2) is 43.0 Å². The van der Waals surface area contributed by atoms with E-state index in [0.717, 1.165) is 5.69 Å². The smallest absolute Gasteiger partial charge is 0.325 e. The molecule has 0 fully saturated rings. The largest absolute Gasteiger partial charge is 0.465 e. The number of carbonyl (C=O) groups excluding carboxylic acids is 3. The van der Waals surface area contributed by atoms with Gasteiger partial charge < -0.3 is 20.7 Å². The van der Waals surface area contributed by atoms with Crippen LogP contribution in [0.25, 0.3) is 0 Å². The number of para-hydroxylation sites is 1. The Morgan fingerprint density at radius 3 is 2.24 bits per heavy atom.